The lowest BCUT2D eigenvalue weighted by Gasteiger charge is -2.19. The van der Waals surface area contributed by atoms with Gasteiger partial charge in [0.05, 0.1) is 13.2 Å². The number of nitrogens with two attached hydrogens (primary N) is 1. The minimum absolute atomic E-state index is 0.0514. The van der Waals surface area contributed by atoms with Crippen LogP contribution in [0.25, 0.3) is 0 Å². The Kier molecular flexibility index (Phi) is 39.5. The molecule has 1 unspecified atom stereocenters. The molecule has 0 saturated heterocycles. The van der Waals surface area contributed by atoms with E-state index in [1.54, 1.807) is 0 Å². The summed E-state index contributed by atoms with van der Waals surface area (Å²) >= 11 is 0. The van der Waals surface area contributed by atoms with E-state index in [1.807, 2.05) is 0 Å². The standard InChI is InChI=1S/C44H82NO8P/c1-3-5-7-9-11-13-15-17-19-20-21-23-25-27-29-31-33-35-37-44(47)53-42(41-52-54(48,49)51-39-38-45)40-50-43(46)36-34-32-30-28-26-24-22-18-16-14-12-10-8-6-4-2/h6,8,12,14,18,22,42H,3-5,7,9-11,13,15-17,19-21,23-41,45H2,1-2H3,(H,48,49)/b8-6-,14-12-,22-18-/t42-/m1/s1. The van der Waals surface area contributed by atoms with Gasteiger partial charge in [-0.2, -0.15) is 0 Å². The molecule has 0 aliphatic heterocycles. The summed E-state index contributed by atoms with van der Waals surface area (Å²) in [6.45, 7) is 3.62. The predicted octanol–water partition coefficient (Wildman–Crippen LogP) is 12.6. The summed E-state index contributed by atoms with van der Waals surface area (Å²) in [5.74, 6) is -0.842. The van der Waals surface area contributed by atoms with Crippen molar-refractivity contribution in [2.24, 2.45) is 5.73 Å². The van der Waals surface area contributed by atoms with Crippen LogP contribution in [0.4, 0.5) is 0 Å². The van der Waals surface area contributed by atoms with E-state index < -0.39 is 32.5 Å². The van der Waals surface area contributed by atoms with Crippen molar-refractivity contribution in [3.8, 4) is 0 Å². The van der Waals surface area contributed by atoms with Crippen molar-refractivity contribution >= 4 is 19.8 Å². The van der Waals surface area contributed by atoms with Crippen molar-refractivity contribution in [1.82, 2.24) is 0 Å². The van der Waals surface area contributed by atoms with E-state index in [0.29, 0.717) is 12.8 Å². The van der Waals surface area contributed by atoms with Gasteiger partial charge >= 0.3 is 19.8 Å². The normalized spacial score (nSPS) is 13.6. The minimum atomic E-state index is -4.38. The summed E-state index contributed by atoms with van der Waals surface area (Å²) in [7, 11) is -4.38. The van der Waals surface area contributed by atoms with E-state index in [2.05, 4.69) is 50.3 Å². The lowest BCUT2D eigenvalue weighted by atomic mass is 10.0. The second kappa shape index (κ2) is 40.9. The number of carbonyl (C=O) groups excluding carboxylic acids is 2. The number of phosphoric ester groups is 1. The summed E-state index contributed by atoms with van der Waals surface area (Å²) < 4.78 is 32.8. The molecular formula is C44H82NO8P. The van der Waals surface area contributed by atoms with Crippen LogP contribution in [0.3, 0.4) is 0 Å². The van der Waals surface area contributed by atoms with Crippen LogP contribution >= 0.6 is 7.82 Å². The molecule has 0 aromatic rings. The third-order valence-corrected chi connectivity index (χ3v) is 10.3. The number of carbonyl (C=O) groups is 2. The molecule has 0 heterocycles. The van der Waals surface area contributed by atoms with Crippen LogP contribution in [0.2, 0.25) is 0 Å². The summed E-state index contributed by atoms with van der Waals surface area (Å²) in [6.07, 6.45) is 44.6. The molecule has 0 spiro atoms. The van der Waals surface area contributed by atoms with Crippen molar-refractivity contribution in [2.75, 3.05) is 26.4 Å². The quantitative estimate of drug-likeness (QED) is 0.0269. The van der Waals surface area contributed by atoms with E-state index in [1.165, 1.54) is 96.3 Å². The van der Waals surface area contributed by atoms with Gasteiger partial charge in [-0.05, 0) is 44.9 Å². The predicted molar refractivity (Wildman–Crippen MR) is 224 cm³/mol. The second-order valence-electron chi connectivity index (χ2n) is 14.5. The maximum atomic E-state index is 12.6. The van der Waals surface area contributed by atoms with Crippen LogP contribution in [0.5, 0.6) is 0 Å². The molecule has 0 fully saturated rings. The van der Waals surface area contributed by atoms with Crippen molar-refractivity contribution in [2.45, 2.75) is 206 Å². The Morgan fingerprint density at radius 3 is 1.52 bits per heavy atom. The van der Waals surface area contributed by atoms with E-state index in [9.17, 15) is 19.0 Å². The smallest absolute Gasteiger partial charge is 0.462 e. The van der Waals surface area contributed by atoms with Gasteiger partial charge in [-0.1, -0.05) is 179 Å². The lowest BCUT2D eigenvalue weighted by molar-refractivity contribution is -0.161. The van der Waals surface area contributed by atoms with Crippen LogP contribution < -0.4 is 5.73 Å². The molecule has 316 valence electrons. The van der Waals surface area contributed by atoms with E-state index in [0.717, 1.165) is 64.2 Å². The number of allylic oxidation sites excluding steroid dienone is 6. The Hall–Kier alpha value is -1.77. The molecule has 54 heavy (non-hydrogen) atoms. The molecule has 0 aromatic carbocycles. The molecule has 10 heteroatoms. The largest absolute Gasteiger partial charge is 0.472 e. The minimum Gasteiger partial charge on any atom is -0.462 e. The summed E-state index contributed by atoms with van der Waals surface area (Å²) in [5.41, 5.74) is 5.35. The number of unbranched alkanes of at least 4 members (excludes halogenated alkanes) is 22. The molecule has 0 aliphatic carbocycles. The fourth-order valence-corrected chi connectivity index (χ4v) is 6.83. The molecule has 0 amide bonds. The number of hydrogen-bond acceptors (Lipinski definition) is 8. The zero-order valence-corrected chi connectivity index (χ0v) is 35.6. The fraction of sp³-hybridized carbons (Fsp3) is 0.818. The van der Waals surface area contributed by atoms with Crippen molar-refractivity contribution in [3.63, 3.8) is 0 Å². The molecule has 0 bridgehead atoms. The topological polar surface area (TPSA) is 134 Å². The zero-order valence-electron chi connectivity index (χ0n) is 34.7. The Morgan fingerprint density at radius 2 is 1.02 bits per heavy atom. The molecule has 0 rings (SSSR count). The first-order valence-electron chi connectivity index (χ1n) is 22.0. The Labute approximate surface area is 331 Å². The highest BCUT2D eigenvalue weighted by Gasteiger charge is 2.26. The zero-order chi connectivity index (χ0) is 39.6. The Bertz CT molecular complexity index is 986. The molecular weight excluding hydrogens is 701 g/mol. The van der Waals surface area contributed by atoms with Gasteiger partial charge in [-0.15, -0.1) is 0 Å². The average molecular weight is 784 g/mol. The second-order valence-corrected chi connectivity index (χ2v) is 16.0. The van der Waals surface area contributed by atoms with Gasteiger partial charge in [0.25, 0.3) is 0 Å². The molecule has 2 atom stereocenters. The van der Waals surface area contributed by atoms with Crippen LogP contribution in [0.1, 0.15) is 200 Å². The average Bonchev–Trinajstić information content (AvgIpc) is 3.16. The fourth-order valence-electron chi connectivity index (χ4n) is 6.06. The highest BCUT2D eigenvalue weighted by atomic mass is 31.2. The van der Waals surface area contributed by atoms with Gasteiger partial charge in [0.2, 0.25) is 0 Å². The van der Waals surface area contributed by atoms with E-state index in [-0.39, 0.29) is 32.6 Å². The first kappa shape index (κ1) is 52.2. The molecule has 0 aromatic heterocycles. The number of hydrogen-bond donors (Lipinski definition) is 2. The van der Waals surface area contributed by atoms with Crippen LogP contribution in [-0.2, 0) is 32.7 Å². The highest BCUT2D eigenvalue weighted by molar-refractivity contribution is 7.47. The van der Waals surface area contributed by atoms with E-state index in [4.69, 9.17) is 24.3 Å². The highest BCUT2D eigenvalue weighted by Crippen LogP contribution is 2.43. The van der Waals surface area contributed by atoms with Gasteiger partial charge in [0.15, 0.2) is 6.10 Å². The van der Waals surface area contributed by atoms with Crippen molar-refractivity contribution in [3.05, 3.63) is 36.5 Å². The van der Waals surface area contributed by atoms with Gasteiger partial charge in [0, 0.05) is 19.4 Å². The summed E-state index contributed by atoms with van der Waals surface area (Å²) in [4.78, 5) is 34.9. The van der Waals surface area contributed by atoms with Crippen molar-refractivity contribution in [1.29, 1.82) is 0 Å². The van der Waals surface area contributed by atoms with Gasteiger partial charge in [-0.3, -0.25) is 18.6 Å². The first-order chi connectivity index (χ1) is 26.3. The maximum absolute atomic E-state index is 12.6. The SMILES string of the molecule is CC/C=C\C/C=C\C/C=C\CCCCCCCC(=O)OC[C@H](COP(=O)(O)OCCN)OC(=O)CCCCCCCCCCCCCCCCCCCC. The molecule has 0 radical (unpaired) electrons. The Balaban J connectivity index is 4.14. The monoisotopic (exact) mass is 784 g/mol. The summed E-state index contributed by atoms with van der Waals surface area (Å²) in [6, 6.07) is 0. The maximum Gasteiger partial charge on any atom is 0.472 e. The summed E-state index contributed by atoms with van der Waals surface area (Å²) in [5, 5.41) is 0. The van der Waals surface area contributed by atoms with E-state index >= 15 is 0 Å². The van der Waals surface area contributed by atoms with Gasteiger partial charge in [-0.25, -0.2) is 4.57 Å². The van der Waals surface area contributed by atoms with Gasteiger partial charge in [0.1, 0.15) is 6.61 Å². The molecule has 9 nitrogen and oxygen atoms in total. The number of phosphoric acid groups is 1. The molecule has 0 aliphatic rings. The lowest BCUT2D eigenvalue weighted by Crippen LogP contribution is -2.29. The van der Waals surface area contributed by atoms with Crippen LogP contribution in [0, 0.1) is 0 Å². The van der Waals surface area contributed by atoms with Crippen LogP contribution in [-0.4, -0.2) is 49.3 Å². The first-order valence-corrected chi connectivity index (χ1v) is 23.5. The third-order valence-electron chi connectivity index (χ3n) is 9.29. The molecule has 3 N–H and O–H groups in total. The third kappa shape index (κ3) is 39.9. The number of rotatable bonds is 41. The number of ether oxygens (including phenoxy) is 2. The van der Waals surface area contributed by atoms with Gasteiger partial charge < -0.3 is 20.1 Å². The molecule has 0 saturated carbocycles. The van der Waals surface area contributed by atoms with Crippen molar-refractivity contribution < 1.29 is 37.6 Å². The Morgan fingerprint density at radius 1 is 0.574 bits per heavy atom. The number of esters is 2. The van der Waals surface area contributed by atoms with Crippen LogP contribution in [0.15, 0.2) is 36.5 Å².